The fourth-order valence-corrected chi connectivity index (χ4v) is 3.08. The summed E-state index contributed by atoms with van der Waals surface area (Å²) in [5.41, 5.74) is 2.44. The van der Waals surface area contributed by atoms with E-state index < -0.39 is 0 Å². The van der Waals surface area contributed by atoms with Crippen LogP contribution in [-0.2, 0) is 0 Å². The van der Waals surface area contributed by atoms with E-state index in [-0.39, 0.29) is 12.6 Å². The molecule has 0 radical (unpaired) electrons. The Kier molecular flexibility index (Phi) is 3.57. The largest absolute Gasteiger partial charge is 0.394 e. The monoisotopic (exact) mass is 290 g/mol. The maximum Gasteiger partial charge on any atom is 0.129 e. The van der Waals surface area contributed by atoms with E-state index in [4.69, 9.17) is 11.6 Å². The quantitative estimate of drug-likeness (QED) is 0.878. The van der Waals surface area contributed by atoms with Gasteiger partial charge in [-0.3, -0.25) is 0 Å². The van der Waals surface area contributed by atoms with E-state index in [0.29, 0.717) is 11.1 Å². The van der Waals surface area contributed by atoms with E-state index in [1.54, 1.807) is 0 Å². The van der Waals surface area contributed by atoms with Gasteiger partial charge in [0.25, 0.3) is 0 Å². The van der Waals surface area contributed by atoms with E-state index in [9.17, 15) is 5.11 Å². The van der Waals surface area contributed by atoms with Gasteiger partial charge < -0.3 is 10.0 Å². The number of pyridine rings is 1. The van der Waals surface area contributed by atoms with Crippen LogP contribution < -0.4 is 4.90 Å². The number of benzene rings is 1. The van der Waals surface area contributed by atoms with Gasteiger partial charge in [0.05, 0.1) is 12.6 Å². The van der Waals surface area contributed by atoms with Crippen molar-refractivity contribution in [3.8, 4) is 0 Å². The predicted molar refractivity (Wildman–Crippen MR) is 83.7 cm³/mol. The van der Waals surface area contributed by atoms with Crippen molar-refractivity contribution in [2.75, 3.05) is 18.1 Å². The van der Waals surface area contributed by atoms with Crippen LogP contribution in [0.1, 0.15) is 31.7 Å². The molecule has 1 fully saturated rings. The molecular weight excluding hydrogens is 272 g/mol. The van der Waals surface area contributed by atoms with Gasteiger partial charge in [-0.05, 0) is 35.4 Å². The molecule has 1 unspecified atom stereocenters. The summed E-state index contributed by atoms with van der Waals surface area (Å²) < 4.78 is 0. The highest BCUT2D eigenvalue weighted by Gasteiger charge is 2.28. The Hall–Kier alpha value is -1.32. The molecule has 106 valence electrons. The van der Waals surface area contributed by atoms with Gasteiger partial charge >= 0.3 is 0 Å². The smallest absolute Gasteiger partial charge is 0.129 e. The molecule has 1 aliphatic rings. The summed E-state index contributed by atoms with van der Waals surface area (Å²) in [6.45, 7) is 5.56. The summed E-state index contributed by atoms with van der Waals surface area (Å²) in [6, 6.07) is 6.50. The van der Waals surface area contributed by atoms with Gasteiger partial charge in [-0.1, -0.05) is 31.5 Å². The molecule has 0 spiro atoms. The normalized spacial score (nSPS) is 18.6. The number of nitrogens with zero attached hydrogens (tertiary/aromatic N) is 2. The van der Waals surface area contributed by atoms with Gasteiger partial charge in [-0.2, -0.15) is 0 Å². The van der Waals surface area contributed by atoms with Crippen molar-refractivity contribution in [2.45, 2.75) is 32.2 Å². The molecule has 2 aromatic rings. The van der Waals surface area contributed by atoms with Gasteiger partial charge in [0.1, 0.15) is 5.15 Å². The fraction of sp³-hybridized carbons (Fsp3) is 0.438. The van der Waals surface area contributed by atoms with Crippen LogP contribution in [0, 0.1) is 0 Å². The molecule has 1 saturated heterocycles. The summed E-state index contributed by atoms with van der Waals surface area (Å²) in [6.07, 6.45) is 2.90. The Morgan fingerprint density at radius 2 is 2.20 bits per heavy atom. The minimum absolute atomic E-state index is 0.203. The standard InChI is InChI=1S/C16H19ClN2O/c1-10(2)12-3-4-15(19-6-5-11(19)9-20)14-8-18-16(17)7-13(12)14/h3-4,7-8,10-11,20H,5-6,9H2,1-2H3. The third-order valence-electron chi connectivity index (χ3n) is 4.16. The van der Waals surface area contributed by atoms with Gasteiger partial charge in [-0.25, -0.2) is 4.98 Å². The lowest BCUT2D eigenvalue weighted by Gasteiger charge is -2.42. The Labute approximate surface area is 124 Å². The number of aromatic nitrogens is 1. The van der Waals surface area contributed by atoms with E-state index >= 15 is 0 Å². The van der Waals surface area contributed by atoms with Gasteiger partial charge in [0.2, 0.25) is 0 Å². The molecule has 0 saturated carbocycles. The molecule has 1 atom stereocenters. The van der Waals surface area contributed by atoms with E-state index in [0.717, 1.165) is 24.0 Å². The van der Waals surface area contributed by atoms with Gasteiger partial charge in [-0.15, -0.1) is 0 Å². The summed E-state index contributed by atoms with van der Waals surface area (Å²) in [4.78, 5) is 6.49. The minimum atomic E-state index is 0.203. The Morgan fingerprint density at radius 1 is 1.40 bits per heavy atom. The number of halogens is 1. The third-order valence-corrected chi connectivity index (χ3v) is 4.37. The van der Waals surface area contributed by atoms with Crippen molar-refractivity contribution < 1.29 is 5.11 Å². The highest BCUT2D eigenvalue weighted by molar-refractivity contribution is 6.30. The SMILES string of the molecule is CC(C)c1ccc(N2CCC2CO)c2cnc(Cl)cc12. The van der Waals surface area contributed by atoms with E-state index in [1.165, 1.54) is 10.9 Å². The van der Waals surface area contributed by atoms with E-state index in [1.807, 2.05) is 12.3 Å². The Morgan fingerprint density at radius 3 is 2.80 bits per heavy atom. The number of anilines is 1. The van der Waals surface area contributed by atoms with Crippen LogP contribution >= 0.6 is 11.6 Å². The maximum atomic E-state index is 9.40. The summed E-state index contributed by atoms with van der Waals surface area (Å²) in [5.74, 6) is 0.440. The first kappa shape index (κ1) is 13.7. The zero-order valence-electron chi connectivity index (χ0n) is 11.8. The molecule has 0 amide bonds. The van der Waals surface area contributed by atoms with Crippen molar-refractivity contribution in [2.24, 2.45) is 0 Å². The number of hydrogen-bond acceptors (Lipinski definition) is 3. The summed E-state index contributed by atoms with van der Waals surface area (Å²) in [7, 11) is 0. The Balaban J connectivity index is 2.17. The van der Waals surface area contributed by atoms with Crippen molar-refractivity contribution in [3.05, 3.63) is 35.1 Å². The van der Waals surface area contributed by atoms with Crippen molar-refractivity contribution in [3.63, 3.8) is 0 Å². The van der Waals surface area contributed by atoms with Crippen LogP contribution in [0.4, 0.5) is 5.69 Å². The third kappa shape index (κ3) is 2.15. The van der Waals surface area contributed by atoms with Crippen molar-refractivity contribution in [1.29, 1.82) is 0 Å². The molecule has 2 heterocycles. The molecule has 1 aliphatic heterocycles. The maximum absolute atomic E-state index is 9.40. The first-order valence-electron chi connectivity index (χ1n) is 7.07. The summed E-state index contributed by atoms with van der Waals surface area (Å²) in [5, 5.41) is 12.2. The lowest BCUT2D eigenvalue weighted by molar-refractivity contribution is 0.227. The van der Waals surface area contributed by atoms with Crippen LogP contribution in [0.15, 0.2) is 24.4 Å². The van der Waals surface area contributed by atoms with Gasteiger partial charge in [0, 0.05) is 23.8 Å². The second-order valence-electron chi connectivity index (χ2n) is 5.70. The fourth-order valence-electron chi connectivity index (χ4n) is 2.92. The molecule has 4 heteroatoms. The van der Waals surface area contributed by atoms with Crippen molar-refractivity contribution in [1.82, 2.24) is 4.98 Å². The van der Waals surface area contributed by atoms with Crippen LogP contribution in [0.25, 0.3) is 10.8 Å². The highest BCUT2D eigenvalue weighted by atomic mass is 35.5. The number of aliphatic hydroxyl groups is 1. The van der Waals surface area contributed by atoms with Crippen LogP contribution in [0.3, 0.4) is 0 Å². The summed E-state index contributed by atoms with van der Waals surface area (Å²) >= 11 is 6.07. The topological polar surface area (TPSA) is 36.4 Å². The molecule has 20 heavy (non-hydrogen) atoms. The van der Waals surface area contributed by atoms with E-state index in [2.05, 4.69) is 35.9 Å². The lowest BCUT2D eigenvalue weighted by atomic mass is 9.94. The second kappa shape index (κ2) is 5.23. The van der Waals surface area contributed by atoms with Crippen LogP contribution in [0.5, 0.6) is 0 Å². The molecule has 1 aromatic heterocycles. The molecule has 3 rings (SSSR count). The van der Waals surface area contributed by atoms with Crippen LogP contribution in [0.2, 0.25) is 5.15 Å². The number of aliphatic hydroxyl groups excluding tert-OH is 1. The predicted octanol–water partition coefficient (Wildman–Crippen LogP) is 3.58. The van der Waals surface area contributed by atoms with Crippen molar-refractivity contribution >= 4 is 28.1 Å². The number of hydrogen-bond donors (Lipinski definition) is 1. The number of fused-ring (bicyclic) bond motifs is 1. The zero-order valence-corrected chi connectivity index (χ0v) is 12.6. The molecular formula is C16H19ClN2O. The lowest BCUT2D eigenvalue weighted by Crippen LogP contribution is -2.50. The molecule has 0 bridgehead atoms. The highest BCUT2D eigenvalue weighted by Crippen LogP contribution is 2.37. The number of rotatable bonds is 3. The Bertz CT molecular complexity index is 640. The zero-order chi connectivity index (χ0) is 14.3. The molecule has 0 aliphatic carbocycles. The second-order valence-corrected chi connectivity index (χ2v) is 6.09. The molecule has 3 nitrogen and oxygen atoms in total. The molecule has 1 N–H and O–H groups in total. The van der Waals surface area contributed by atoms with Gasteiger partial charge in [0.15, 0.2) is 0 Å². The van der Waals surface area contributed by atoms with Crippen LogP contribution in [-0.4, -0.2) is 29.3 Å². The average Bonchev–Trinajstić information content (AvgIpc) is 2.37. The minimum Gasteiger partial charge on any atom is -0.394 e. The average molecular weight is 291 g/mol. The first-order valence-corrected chi connectivity index (χ1v) is 7.45. The molecule has 1 aromatic carbocycles. The first-order chi connectivity index (χ1) is 9.61.